The van der Waals surface area contributed by atoms with Gasteiger partial charge in [-0.1, -0.05) is 61.3 Å². The first-order valence-corrected chi connectivity index (χ1v) is 14.3. The van der Waals surface area contributed by atoms with Gasteiger partial charge in [0, 0.05) is 44.8 Å². The minimum Gasteiger partial charge on any atom is -0.486 e. The molecule has 0 radical (unpaired) electrons. The molecule has 1 saturated heterocycles. The van der Waals surface area contributed by atoms with Crippen LogP contribution in [0.15, 0.2) is 48.5 Å². The monoisotopic (exact) mass is 538 g/mol. The SMILES string of the molecule is CCCCn1c(-c2ccccc2)nc(Cl)c1CN(CCCN1CCOCC1)Cc1ccc2c(c1)OCCO2. The molecule has 5 rings (SSSR count). The van der Waals surface area contributed by atoms with Crippen LogP contribution in [0.3, 0.4) is 0 Å². The molecule has 7 nitrogen and oxygen atoms in total. The largest absolute Gasteiger partial charge is 0.486 e. The number of benzene rings is 2. The van der Waals surface area contributed by atoms with E-state index in [0.717, 1.165) is 107 Å². The number of unbranched alkanes of at least 4 members (excludes halogenated alkanes) is 1. The smallest absolute Gasteiger partial charge is 0.161 e. The van der Waals surface area contributed by atoms with Crippen LogP contribution >= 0.6 is 11.6 Å². The quantitative estimate of drug-likeness (QED) is 0.303. The lowest BCUT2D eigenvalue weighted by Gasteiger charge is -2.29. The number of morpholine rings is 1. The van der Waals surface area contributed by atoms with Crippen molar-refractivity contribution in [1.82, 2.24) is 19.4 Å². The third-order valence-corrected chi connectivity index (χ3v) is 7.53. The van der Waals surface area contributed by atoms with Gasteiger partial charge < -0.3 is 18.8 Å². The molecule has 8 heteroatoms. The highest BCUT2D eigenvalue weighted by atomic mass is 35.5. The summed E-state index contributed by atoms with van der Waals surface area (Å²) in [6.07, 6.45) is 3.28. The third-order valence-electron chi connectivity index (χ3n) is 7.23. The first-order valence-electron chi connectivity index (χ1n) is 13.9. The van der Waals surface area contributed by atoms with Crippen molar-refractivity contribution in [3.63, 3.8) is 0 Å². The van der Waals surface area contributed by atoms with Gasteiger partial charge in [-0.2, -0.15) is 0 Å². The van der Waals surface area contributed by atoms with E-state index in [1.54, 1.807) is 0 Å². The maximum atomic E-state index is 6.86. The van der Waals surface area contributed by atoms with Crippen LogP contribution in [0.4, 0.5) is 0 Å². The van der Waals surface area contributed by atoms with E-state index in [0.29, 0.717) is 18.4 Å². The molecule has 204 valence electrons. The summed E-state index contributed by atoms with van der Waals surface area (Å²) in [6.45, 7) is 11.6. The molecule has 0 spiro atoms. The summed E-state index contributed by atoms with van der Waals surface area (Å²) in [7, 11) is 0. The maximum Gasteiger partial charge on any atom is 0.161 e. The Bertz CT molecular complexity index is 1160. The molecule has 38 heavy (non-hydrogen) atoms. The summed E-state index contributed by atoms with van der Waals surface area (Å²) < 4.78 is 19.5. The van der Waals surface area contributed by atoms with Crippen molar-refractivity contribution < 1.29 is 14.2 Å². The van der Waals surface area contributed by atoms with Crippen molar-refractivity contribution in [2.45, 2.75) is 45.8 Å². The van der Waals surface area contributed by atoms with Gasteiger partial charge >= 0.3 is 0 Å². The van der Waals surface area contributed by atoms with Crippen molar-refractivity contribution in [2.24, 2.45) is 0 Å². The first kappa shape index (κ1) is 27.0. The standard InChI is InChI=1S/C30H39ClN4O3/c1-2-3-14-35-26(29(31)32-30(35)25-8-5-4-6-9-25)23-34(13-7-12-33-15-17-36-18-16-33)22-24-10-11-27-28(21-24)38-20-19-37-27/h4-6,8-11,21H,2-3,7,12-20,22-23H2,1H3. The summed E-state index contributed by atoms with van der Waals surface area (Å²) in [5.74, 6) is 2.61. The summed E-state index contributed by atoms with van der Waals surface area (Å²) in [5, 5.41) is 0.598. The van der Waals surface area contributed by atoms with Crippen molar-refractivity contribution in [3.05, 3.63) is 64.9 Å². The second-order valence-corrected chi connectivity index (χ2v) is 10.4. The van der Waals surface area contributed by atoms with E-state index in [1.807, 2.05) is 12.1 Å². The molecule has 2 aromatic carbocycles. The number of imidazole rings is 1. The van der Waals surface area contributed by atoms with Gasteiger partial charge in [0.1, 0.15) is 19.0 Å². The Kier molecular flexibility index (Phi) is 9.57. The van der Waals surface area contributed by atoms with Crippen molar-refractivity contribution in [3.8, 4) is 22.9 Å². The van der Waals surface area contributed by atoms with Crippen LogP contribution in [0.5, 0.6) is 11.5 Å². The van der Waals surface area contributed by atoms with Crippen LogP contribution in [0.1, 0.15) is 37.4 Å². The molecule has 0 saturated carbocycles. The van der Waals surface area contributed by atoms with E-state index in [-0.39, 0.29) is 0 Å². The highest BCUT2D eigenvalue weighted by Gasteiger charge is 2.21. The Labute approximate surface area is 231 Å². The Balaban J connectivity index is 1.38. The topological polar surface area (TPSA) is 52.0 Å². The van der Waals surface area contributed by atoms with E-state index >= 15 is 0 Å². The third kappa shape index (κ3) is 6.89. The zero-order chi connectivity index (χ0) is 26.2. The number of hydrogen-bond donors (Lipinski definition) is 0. The van der Waals surface area contributed by atoms with Gasteiger partial charge in [0.05, 0.1) is 18.9 Å². The van der Waals surface area contributed by atoms with E-state index < -0.39 is 0 Å². The number of ether oxygens (including phenoxy) is 3. The number of fused-ring (bicyclic) bond motifs is 1. The molecular weight excluding hydrogens is 500 g/mol. The lowest BCUT2D eigenvalue weighted by atomic mass is 10.1. The van der Waals surface area contributed by atoms with Crippen LogP contribution in [0.2, 0.25) is 5.15 Å². The lowest BCUT2D eigenvalue weighted by Crippen LogP contribution is -2.38. The zero-order valence-electron chi connectivity index (χ0n) is 22.4. The second-order valence-electron chi connectivity index (χ2n) is 10.0. The van der Waals surface area contributed by atoms with Crippen LogP contribution in [-0.2, 0) is 24.4 Å². The van der Waals surface area contributed by atoms with Crippen molar-refractivity contribution in [2.75, 3.05) is 52.6 Å². The van der Waals surface area contributed by atoms with Crippen LogP contribution < -0.4 is 9.47 Å². The Morgan fingerprint density at radius 1 is 0.895 bits per heavy atom. The molecule has 0 aliphatic carbocycles. The molecule has 2 aliphatic rings. The number of rotatable bonds is 12. The number of nitrogens with zero attached hydrogens (tertiary/aromatic N) is 4. The predicted octanol–water partition coefficient (Wildman–Crippen LogP) is 5.50. The van der Waals surface area contributed by atoms with Crippen LogP contribution in [0.25, 0.3) is 11.4 Å². The molecule has 0 bridgehead atoms. The molecule has 1 aromatic heterocycles. The van der Waals surface area contributed by atoms with Crippen LogP contribution in [0, 0.1) is 0 Å². The van der Waals surface area contributed by atoms with Gasteiger partial charge in [-0.15, -0.1) is 0 Å². The summed E-state index contributed by atoms with van der Waals surface area (Å²) in [4.78, 5) is 9.84. The van der Waals surface area contributed by atoms with Crippen LogP contribution in [-0.4, -0.2) is 72.0 Å². The average molecular weight is 539 g/mol. The van der Waals surface area contributed by atoms with Crippen molar-refractivity contribution >= 4 is 11.6 Å². The van der Waals surface area contributed by atoms with Crippen molar-refractivity contribution in [1.29, 1.82) is 0 Å². The predicted molar refractivity (Wildman–Crippen MR) is 151 cm³/mol. The van der Waals surface area contributed by atoms with E-state index in [9.17, 15) is 0 Å². The fourth-order valence-electron chi connectivity index (χ4n) is 5.19. The van der Waals surface area contributed by atoms with E-state index in [2.05, 4.69) is 57.7 Å². The summed E-state index contributed by atoms with van der Waals surface area (Å²) in [5.41, 5.74) is 3.39. The Morgan fingerprint density at radius 3 is 2.47 bits per heavy atom. The molecule has 0 amide bonds. The molecule has 0 atom stereocenters. The normalized spacial score (nSPS) is 15.8. The molecule has 3 heterocycles. The number of halogens is 1. The lowest BCUT2D eigenvalue weighted by molar-refractivity contribution is 0.0358. The fourth-order valence-corrected chi connectivity index (χ4v) is 5.43. The first-order chi connectivity index (χ1) is 18.7. The molecule has 0 unspecified atom stereocenters. The summed E-state index contributed by atoms with van der Waals surface area (Å²) >= 11 is 6.86. The molecule has 2 aliphatic heterocycles. The zero-order valence-corrected chi connectivity index (χ0v) is 23.2. The fraction of sp³-hybridized carbons (Fsp3) is 0.500. The van der Waals surface area contributed by atoms with Gasteiger partial charge in [-0.05, 0) is 37.1 Å². The highest BCUT2D eigenvalue weighted by Crippen LogP contribution is 2.32. The van der Waals surface area contributed by atoms with Gasteiger partial charge in [0.15, 0.2) is 16.7 Å². The maximum absolute atomic E-state index is 6.86. The minimum absolute atomic E-state index is 0.591. The molecular formula is C30H39ClN4O3. The van der Waals surface area contributed by atoms with Gasteiger partial charge in [0.2, 0.25) is 0 Å². The Morgan fingerprint density at radius 2 is 1.68 bits per heavy atom. The number of hydrogen-bond acceptors (Lipinski definition) is 6. The summed E-state index contributed by atoms with van der Waals surface area (Å²) in [6, 6.07) is 16.7. The number of aromatic nitrogens is 2. The van der Waals surface area contributed by atoms with E-state index in [1.165, 1.54) is 5.56 Å². The highest BCUT2D eigenvalue weighted by molar-refractivity contribution is 6.30. The molecule has 1 fully saturated rings. The molecule has 0 N–H and O–H groups in total. The second kappa shape index (κ2) is 13.5. The molecule has 3 aromatic rings. The van der Waals surface area contributed by atoms with Gasteiger partial charge in [-0.25, -0.2) is 4.98 Å². The minimum atomic E-state index is 0.591. The van der Waals surface area contributed by atoms with Gasteiger partial charge in [-0.3, -0.25) is 9.80 Å². The van der Waals surface area contributed by atoms with E-state index in [4.69, 9.17) is 30.8 Å². The Hall–Kier alpha value is -2.58. The average Bonchev–Trinajstić information content (AvgIpc) is 3.27. The van der Waals surface area contributed by atoms with Gasteiger partial charge in [0.25, 0.3) is 0 Å².